The molecule has 1 aromatic carbocycles. The van der Waals surface area contributed by atoms with E-state index in [1.807, 2.05) is 13.8 Å². The minimum Gasteiger partial charge on any atom is -0.447 e. The van der Waals surface area contributed by atoms with Crippen molar-refractivity contribution in [3.05, 3.63) is 44.7 Å². The number of H-pyrrole nitrogens is 1. The molecule has 120 valence electrons. The number of aromatic nitrogens is 1. The topological polar surface area (TPSA) is 79.5 Å². The van der Waals surface area contributed by atoms with Gasteiger partial charge < -0.3 is 9.72 Å². The number of rotatable bonds is 2. The van der Waals surface area contributed by atoms with Crippen LogP contribution in [0, 0.1) is 5.92 Å². The highest BCUT2D eigenvalue weighted by molar-refractivity contribution is 9.10. The van der Waals surface area contributed by atoms with Crippen molar-refractivity contribution in [2.75, 3.05) is 6.61 Å². The summed E-state index contributed by atoms with van der Waals surface area (Å²) in [7, 11) is 0. The normalized spacial score (nSPS) is 17.8. The maximum atomic E-state index is 12.7. The van der Waals surface area contributed by atoms with Crippen LogP contribution in [0.3, 0.4) is 0 Å². The Hall–Kier alpha value is -2.15. The van der Waals surface area contributed by atoms with Gasteiger partial charge in [-0.1, -0.05) is 29.8 Å². The van der Waals surface area contributed by atoms with Gasteiger partial charge in [0.05, 0.1) is 6.04 Å². The summed E-state index contributed by atoms with van der Waals surface area (Å²) < 4.78 is 5.71. The standard InChI is InChI=1S/C16H15BrN2O4/c1-8(2)13-7-23-16(22)19(13)15(21)11-6-18-12-4-3-9(17)5-10(12)14(11)20/h3-6,8,13H,7H2,1-2H3,(H,18,20). The summed E-state index contributed by atoms with van der Waals surface area (Å²) in [6.07, 6.45) is 0.645. The fourth-order valence-corrected chi connectivity index (χ4v) is 3.00. The lowest BCUT2D eigenvalue weighted by Crippen LogP contribution is -2.43. The van der Waals surface area contributed by atoms with Gasteiger partial charge in [0.25, 0.3) is 5.91 Å². The highest BCUT2D eigenvalue weighted by Gasteiger charge is 2.40. The van der Waals surface area contributed by atoms with E-state index in [0.717, 1.165) is 9.37 Å². The van der Waals surface area contributed by atoms with Gasteiger partial charge in [0.1, 0.15) is 12.2 Å². The van der Waals surface area contributed by atoms with Crippen LogP contribution in [0.5, 0.6) is 0 Å². The fraction of sp³-hybridized carbons (Fsp3) is 0.312. The van der Waals surface area contributed by atoms with Gasteiger partial charge in [0.2, 0.25) is 5.43 Å². The second-order valence-electron chi connectivity index (χ2n) is 5.78. The van der Waals surface area contributed by atoms with Crippen molar-refractivity contribution in [1.82, 2.24) is 9.88 Å². The smallest absolute Gasteiger partial charge is 0.417 e. The Morgan fingerprint density at radius 2 is 2.13 bits per heavy atom. The summed E-state index contributed by atoms with van der Waals surface area (Å²) in [6.45, 7) is 3.95. The zero-order valence-corrected chi connectivity index (χ0v) is 14.2. The Morgan fingerprint density at radius 3 is 2.83 bits per heavy atom. The van der Waals surface area contributed by atoms with Gasteiger partial charge in [-0.2, -0.15) is 0 Å². The molecule has 1 aromatic heterocycles. The first kappa shape index (κ1) is 15.7. The molecule has 1 aliphatic rings. The molecule has 0 aliphatic carbocycles. The van der Waals surface area contributed by atoms with Gasteiger partial charge in [-0.05, 0) is 24.1 Å². The monoisotopic (exact) mass is 378 g/mol. The van der Waals surface area contributed by atoms with E-state index < -0.39 is 17.4 Å². The molecule has 23 heavy (non-hydrogen) atoms. The number of hydrogen-bond acceptors (Lipinski definition) is 4. The predicted molar refractivity (Wildman–Crippen MR) is 88.4 cm³/mol. The second-order valence-corrected chi connectivity index (χ2v) is 6.70. The first-order valence-corrected chi connectivity index (χ1v) is 8.00. The van der Waals surface area contributed by atoms with E-state index in [4.69, 9.17) is 4.74 Å². The highest BCUT2D eigenvalue weighted by atomic mass is 79.9. The molecule has 1 N–H and O–H groups in total. The Balaban J connectivity index is 2.09. The molecule has 0 bridgehead atoms. The first-order chi connectivity index (χ1) is 10.9. The van der Waals surface area contributed by atoms with Crippen LogP contribution in [-0.4, -0.2) is 34.5 Å². The van der Waals surface area contributed by atoms with Crippen LogP contribution in [-0.2, 0) is 4.74 Å². The third-order valence-corrected chi connectivity index (χ3v) is 4.46. The molecule has 0 spiro atoms. The maximum absolute atomic E-state index is 12.7. The number of carbonyl (C=O) groups is 2. The summed E-state index contributed by atoms with van der Waals surface area (Å²) >= 11 is 3.31. The largest absolute Gasteiger partial charge is 0.447 e. The van der Waals surface area contributed by atoms with Crippen molar-refractivity contribution in [2.45, 2.75) is 19.9 Å². The molecular formula is C16H15BrN2O4. The Morgan fingerprint density at radius 1 is 1.39 bits per heavy atom. The van der Waals surface area contributed by atoms with E-state index in [2.05, 4.69) is 20.9 Å². The SMILES string of the molecule is CC(C)C1COC(=O)N1C(=O)c1c[nH]c2ccc(Br)cc2c1=O. The quantitative estimate of drug-likeness (QED) is 0.870. The number of imide groups is 1. The Kier molecular flexibility index (Phi) is 3.97. The number of nitrogens with one attached hydrogen (secondary N) is 1. The molecule has 1 atom stereocenters. The van der Waals surface area contributed by atoms with Gasteiger partial charge in [0.15, 0.2) is 0 Å². The van der Waals surface area contributed by atoms with Crippen molar-refractivity contribution in [3.8, 4) is 0 Å². The van der Waals surface area contributed by atoms with Gasteiger partial charge in [0, 0.05) is 21.6 Å². The number of pyridine rings is 1. The zero-order valence-electron chi connectivity index (χ0n) is 12.6. The molecule has 7 heteroatoms. The summed E-state index contributed by atoms with van der Waals surface area (Å²) in [5, 5.41) is 0.388. The van der Waals surface area contributed by atoms with E-state index in [1.165, 1.54) is 6.20 Å². The number of cyclic esters (lactones) is 1. The minimum absolute atomic E-state index is 0.0408. The van der Waals surface area contributed by atoms with Gasteiger partial charge in [-0.25, -0.2) is 9.69 Å². The molecule has 2 heterocycles. The van der Waals surface area contributed by atoms with E-state index in [0.29, 0.717) is 10.9 Å². The van der Waals surface area contributed by atoms with Crippen LogP contribution >= 0.6 is 15.9 Å². The van der Waals surface area contributed by atoms with E-state index in [-0.39, 0.29) is 24.1 Å². The third-order valence-electron chi connectivity index (χ3n) is 3.97. The van der Waals surface area contributed by atoms with Crippen LogP contribution in [0.1, 0.15) is 24.2 Å². The number of fused-ring (bicyclic) bond motifs is 1. The lowest BCUT2D eigenvalue weighted by molar-refractivity contribution is 0.0750. The molecule has 1 unspecified atom stereocenters. The zero-order chi connectivity index (χ0) is 16.7. The fourth-order valence-electron chi connectivity index (χ4n) is 2.64. The van der Waals surface area contributed by atoms with Crippen molar-refractivity contribution < 1.29 is 14.3 Å². The van der Waals surface area contributed by atoms with E-state index >= 15 is 0 Å². The van der Waals surface area contributed by atoms with Crippen LogP contribution in [0.25, 0.3) is 10.9 Å². The maximum Gasteiger partial charge on any atom is 0.417 e. The van der Waals surface area contributed by atoms with E-state index in [1.54, 1.807) is 18.2 Å². The number of ether oxygens (including phenoxy) is 1. The summed E-state index contributed by atoms with van der Waals surface area (Å²) in [6, 6.07) is 4.82. The molecule has 1 aliphatic heterocycles. The van der Waals surface area contributed by atoms with Crippen LogP contribution in [0.4, 0.5) is 4.79 Å². The van der Waals surface area contributed by atoms with Crippen molar-refractivity contribution in [2.24, 2.45) is 5.92 Å². The third kappa shape index (κ3) is 2.65. The van der Waals surface area contributed by atoms with Crippen LogP contribution in [0.15, 0.2) is 33.7 Å². The predicted octanol–water partition coefficient (Wildman–Crippen LogP) is 2.91. The number of halogens is 1. The molecule has 1 fully saturated rings. The minimum atomic E-state index is -0.706. The summed E-state index contributed by atoms with van der Waals surface area (Å²) in [5.41, 5.74) is 0.145. The number of hydrogen-bond donors (Lipinski definition) is 1. The molecular weight excluding hydrogens is 364 g/mol. The molecule has 1 saturated heterocycles. The molecule has 6 nitrogen and oxygen atoms in total. The number of aromatic amines is 1. The summed E-state index contributed by atoms with van der Waals surface area (Å²) in [5.74, 6) is -0.589. The van der Waals surface area contributed by atoms with Gasteiger partial charge in [-0.3, -0.25) is 9.59 Å². The molecule has 0 saturated carbocycles. The Bertz CT molecular complexity index is 859. The number of carbonyl (C=O) groups excluding carboxylic acids is 2. The number of amides is 2. The molecule has 3 rings (SSSR count). The van der Waals surface area contributed by atoms with Crippen molar-refractivity contribution >= 4 is 38.8 Å². The first-order valence-electron chi connectivity index (χ1n) is 7.21. The number of benzene rings is 1. The lowest BCUT2D eigenvalue weighted by Gasteiger charge is -2.22. The Labute approximate surface area is 140 Å². The van der Waals surface area contributed by atoms with Crippen molar-refractivity contribution in [1.29, 1.82) is 0 Å². The van der Waals surface area contributed by atoms with Gasteiger partial charge >= 0.3 is 6.09 Å². The second kappa shape index (κ2) is 5.81. The average Bonchev–Trinajstić information content (AvgIpc) is 2.89. The van der Waals surface area contributed by atoms with Crippen LogP contribution in [0.2, 0.25) is 0 Å². The summed E-state index contributed by atoms with van der Waals surface area (Å²) in [4.78, 5) is 41.2. The highest BCUT2D eigenvalue weighted by Crippen LogP contribution is 2.22. The lowest BCUT2D eigenvalue weighted by atomic mass is 10.0. The van der Waals surface area contributed by atoms with Crippen molar-refractivity contribution in [3.63, 3.8) is 0 Å². The molecule has 2 aromatic rings. The number of nitrogens with zero attached hydrogens (tertiary/aromatic N) is 1. The molecule has 2 amide bonds. The van der Waals surface area contributed by atoms with Gasteiger partial charge in [-0.15, -0.1) is 0 Å². The average molecular weight is 379 g/mol. The molecule has 0 radical (unpaired) electrons. The van der Waals surface area contributed by atoms with Crippen LogP contribution < -0.4 is 5.43 Å². The van der Waals surface area contributed by atoms with E-state index in [9.17, 15) is 14.4 Å².